The van der Waals surface area contributed by atoms with Crippen molar-refractivity contribution < 1.29 is 9.84 Å². The summed E-state index contributed by atoms with van der Waals surface area (Å²) < 4.78 is 6.12. The molecule has 94 valence electrons. The van der Waals surface area contributed by atoms with Crippen molar-refractivity contribution in [2.24, 2.45) is 5.41 Å². The van der Waals surface area contributed by atoms with E-state index in [9.17, 15) is 5.11 Å². The lowest BCUT2D eigenvalue weighted by molar-refractivity contribution is -0.0510. The number of benzene rings is 1. The van der Waals surface area contributed by atoms with Crippen molar-refractivity contribution in [3.8, 4) is 5.75 Å². The van der Waals surface area contributed by atoms with E-state index in [-0.39, 0.29) is 11.5 Å². The molecule has 0 bridgehead atoms. The molecule has 0 spiro atoms. The highest BCUT2D eigenvalue weighted by molar-refractivity contribution is 9.10. The predicted molar refractivity (Wildman–Crippen MR) is 72.5 cm³/mol. The standard InChI is InChI=1S/C13H18BrNO2/c1-13(2)11(7-12(13)16)15-8-4-5-10(17-3)9(14)6-8/h4-6,11-12,15-16H,7H2,1-3H3. The Labute approximate surface area is 110 Å². The Kier molecular flexibility index (Phi) is 3.36. The molecule has 2 rings (SSSR count). The van der Waals surface area contributed by atoms with Crippen LogP contribution in [0.2, 0.25) is 0 Å². The monoisotopic (exact) mass is 299 g/mol. The summed E-state index contributed by atoms with van der Waals surface area (Å²) >= 11 is 3.46. The molecule has 0 radical (unpaired) electrons. The van der Waals surface area contributed by atoms with E-state index in [1.54, 1.807) is 7.11 Å². The van der Waals surface area contributed by atoms with E-state index >= 15 is 0 Å². The molecule has 0 amide bonds. The fraction of sp³-hybridized carbons (Fsp3) is 0.538. The van der Waals surface area contributed by atoms with Gasteiger partial charge >= 0.3 is 0 Å². The van der Waals surface area contributed by atoms with Crippen LogP contribution in [0.5, 0.6) is 5.75 Å². The first kappa shape index (κ1) is 12.7. The molecule has 2 atom stereocenters. The summed E-state index contributed by atoms with van der Waals surface area (Å²) in [7, 11) is 1.65. The number of methoxy groups -OCH3 is 1. The van der Waals surface area contributed by atoms with Gasteiger partial charge in [0, 0.05) is 17.1 Å². The molecule has 0 aromatic heterocycles. The first-order chi connectivity index (χ1) is 7.95. The zero-order valence-corrected chi connectivity index (χ0v) is 11.9. The summed E-state index contributed by atoms with van der Waals surface area (Å²) in [6.45, 7) is 4.16. The van der Waals surface area contributed by atoms with Crippen LogP contribution >= 0.6 is 15.9 Å². The van der Waals surface area contributed by atoms with Gasteiger partial charge in [0.25, 0.3) is 0 Å². The van der Waals surface area contributed by atoms with Crippen LogP contribution in [0, 0.1) is 5.41 Å². The number of ether oxygens (including phenoxy) is 1. The SMILES string of the molecule is COc1ccc(NC2CC(O)C2(C)C)cc1Br. The number of hydrogen-bond donors (Lipinski definition) is 2. The average molecular weight is 300 g/mol. The van der Waals surface area contributed by atoms with Gasteiger partial charge in [0.15, 0.2) is 0 Å². The number of rotatable bonds is 3. The van der Waals surface area contributed by atoms with E-state index in [2.05, 4.69) is 35.1 Å². The van der Waals surface area contributed by atoms with Gasteiger partial charge in [-0.3, -0.25) is 0 Å². The van der Waals surface area contributed by atoms with Crippen molar-refractivity contribution in [3.63, 3.8) is 0 Å². The van der Waals surface area contributed by atoms with Crippen LogP contribution in [0.4, 0.5) is 5.69 Å². The van der Waals surface area contributed by atoms with E-state index in [1.807, 2.05) is 18.2 Å². The molecule has 1 saturated carbocycles. The molecule has 1 fully saturated rings. The summed E-state index contributed by atoms with van der Waals surface area (Å²) in [6, 6.07) is 6.23. The van der Waals surface area contributed by atoms with Gasteiger partial charge in [-0.15, -0.1) is 0 Å². The van der Waals surface area contributed by atoms with E-state index in [1.165, 1.54) is 0 Å². The second kappa shape index (κ2) is 4.50. The van der Waals surface area contributed by atoms with E-state index in [0.29, 0.717) is 6.04 Å². The molecule has 0 heterocycles. The number of halogens is 1. The third-order valence-electron chi connectivity index (χ3n) is 3.71. The van der Waals surface area contributed by atoms with Crippen LogP contribution in [0.1, 0.15) is 20.3 Å². The Balaban J connectivity index is 2.08. The van der Waals surface area contributed by atoms with Crippen molar-refractivity contribution >= 4 is 21.6 Å². The van der Waals surface area contributed by atoms with Gasteiger partial charge in [0.1, 0.15) is 5.75 Å². The third-order valence-corrected chi connectivity index (χ3v) is 4.33. The molecule has 17 heavy (non-hydrogen) atoms. The Morgan fingerprint density at radius 2 is 2.18 bits per heavy atom. The highest BCUT2D eigenvalue weighted by Crippen LogP contribution is 2.42. The maximum Gasteiger partial charge on any atom is 0.133 e. The average Bonchev–Trinajstić information content (AvgIpc) is 2.29. The lowest BCUT2D eigenvalue weighted by Gasteiger charge is -2.49. The molecule has 3 nitrogen and oxygen atoms in total. The molecule has 1 aliphatic carbocycles. The van der Waals surface area contributed by atoms with Gasteiger partial charge in [-0.1, -0.05) is 13.8 Å². The lowest BCUT2D eigenvalue weighted by Crippen LogP contribution is -2.56. The molecule has 2 unspecified atom stereocenters. The van der Waals surface area contributed by atoms with E-state index in [0.717, 1.165) is 22.3 Å². The zero-order chi connectivity index (χ0) is 12.6. The lowest BCUT2D eigenvalue weighted by atomic mass is 9.64. The largest absolute Gasteiger partial charge is 0.496 e. The quantitative estimate of drug-likeness (QED) is 0.901. The zero-order valence-electron chi connectivity index (χ0n) is 10.3. The maximum absolute atomic E-state index is 9.69. The van der Waals surface area contributed by atoms with Gasteiger partial charge in [-0.25, -0.2) is 0 Å². The Morgan fingerprint density at radius 1 is 1.47 bits per heavy atom. The maximum atomic E-state index is 9.69. The van der Waals surface area contributed by atoms with Crippen molar-refractivity contribution in [3.05, 3.63) is 22.7 Å². The minimum absolute atomic E-state index is 0.0631. The molecule has 1 aromatic carbocycles. The van der Waals surface area contributed by atoms with Crippen molar-refractivity contribution in [2.75, 3.05) is 12.4 Å². The number of anilines is 1. The Morgan fingerprint density at radius 3 is 2.65 bits per heavy atom. The van der Waals surface area contributed by atoms with Gasteiger partial charge in [0.2, 0.25) is 0 Å². The smallest absolute Gasteiger partial charge is 0.133 e. The van der Waals surface area contributed by atoms with Crippen molar-refractivity contribution in [1.29, 1.82) is 0 Å². The Hall–Kier alpha value is -0.740. The van der Waals surface area contributed by atoms with Crippen molar-refractivity contribution in [2.45, 2.75) is 32.4 Å². The summed E-state index contributed by atoms with van der Waals surface area (Å²) in [6.07, 6.45) is 0.595. The Bertz CT molecular complexity index is 420. The first-order valence-electron chi connectivity index (χ1n) is 5.73. The third kappa shape index (κ3) is 2.29. The molecule has 1 aliphatic rings. The van der Waals surface area contributed by atoms with Gasteiger partial charge < -0.3 is 15.2 Å². The molecular weight excluding hydrogens is 282 g/mol. The van der Waals surface area contributed by atoms with Crippen molar-refractivity contribution in [1.82, 2.24) is 0 Å². The second-order valence-electron chi connectivity index (χ2n) is 5.12. The second-order valence-corrected chi connectivity index (χ2v) is 5.97. The van der Waals surface area contributed by atoms with Gasteiger partial charge in [0.05, 0.1) is 17.7 Å². The molecule has 1 aromatic rings. The summed E-state index contributed by atoms with van der Waals surface area (Å²) in [4.78, 5) is 0. The van der Waals surface area contributed by atoms with Gasteiger partial charge in [-0.05, 0) is 40.5 Å². The summed E-state index contributed by atoms with van der Waals surface area (Å²) in [5.41, 5.74) is 0.981. The van der Waals surface area contributed by atoms with Crippen LogP contribution in [0.25, 0.3) is 0 Å². The number of hydrogen-bond acceptors (Lipinski definition) is 3. The normalized spacial score (nSPS) is 26.2. The van der Waals surface area contributed by atoms with E-state index in [4.69, 9.17) is 4.74 Å². The number of nitrogens with one attached hydrogen (secondary N) is 1. The minimum Gasteiger partial charge on any atom is -0.496 e. The van der Waals surface area contributed by atoms with Crippen LogP contribution in [0.3, 0.4) is 0 Å². The number of aliphatic hydroxyl groups excluding tert-OH is 1. The van der Waals surface area contributed by atoms with E-state index < -0.39 is 0 Å². The molecule has 2 N–H and O–H groups in total. The molecular formula is C13H18BrNO2. The molecule has 0 aliphatic heterocycles. The molecule has 4 heteroatoms. The molecule has 0 saturated heterocycles. The van der Waals surface area contributed by atoms with Gasteiger partial charge in [-0.2, -0.15) is 0 Å². The highest BCUT2D eigenvalue weighted by Gasteiger charge is 2.47. The van der Waals surface area contributed by atoms with Crippen LogP contribution in [-0.4, -0.2) is 24.4 Å². The summed E-state index contributed by atoms with van der Waals surface area (Å²) in [5.74, 6) is 0.823. The highest BCUT2D eigenvalue weighted by atomic mass is 79.9. The fourth-order valence-electron chi connectivity index (χ4n) is 2.10. The first-order valence-corrected chi connectivity index (χ1v) is 6.52. The summed E-state index contributed by atoms with van der Waals surface area (Å²) in [5, 5.41) is 13.1. The van der Waals surface area contributed by atoms with Crippen LogP contribution in [0.15, 0.2) is 22.7 Å². The predicted octanol–water partition coefficient (Wildman–Crippen LogP) is 3.03. The van der Waals surface area contributed by atoms with Crippen LogP contribution < -0.4 is 10.1 Å². The minimum atomic E-state index is -0.207. The fourth-order valence-corrected chi connectivity index (χ4v) is 2.65. The van der Waals surface area contributed by atoms with Crippen LogP contribution in [-0.2, 0) is 0 Å². The topological polar surface area (TPSA) is 41.5 Å². The number of aliphatic hydroxyl groups is 1.